The summed E-state index contributed by atoms with van der Waals surface area (Å²) >= 11 is 0. The number of carbonyl (C=O) groups excluding carboxylic acids is 3. The maximum absolute atomic E-state index is 12.8. The van der Waals surface area contributed by atoms with Crippen LogP contribution in [0.3, 0.4) is 0 Å². The van der Waals surface area contributed by atoms with Crippen LogP contribution in [0.2, 0.25) is 0 Å². The Bertz CT molecular complexity index is 1580. The topological polar surface area (TPSA) is 78.9 Å². The molecule has 0 spiro atoms. The van der Waals surface area contributed by atoms with Crippen molar-refractivity contribution in [3.05, 3.63) is 146 Å². The third-order valence-electron chi connectivity index (χ3n) is 11.1. The van der Waals surface area contributed by atoms with Crippen molar-refractivity contribution < 1.29 is 28.6 Å². The first-order valence-corrected chi connectivity index (χ1v) is 27.8. The van der Waals surface area contributed by atoms with Gasteiger partial charge in [-0.25, -0.2) is 0 Å². The molecule has 0 aliphatic rings. The molecule has 0 aliphatic carbocycles. The van der Waals surface area contributed by atoms with Crippen LogP contribution in [0.4, 0.5) is 0 Å². The van der Waals surface area contributed by atoms with E-state index >= 15 is 0 Å². The summed E-state index contributed by atoms with van der Waals surface area (Å²) < 4.78 is 16.7. The number of ether oxygens (including phenoxy) is 3. The number of hydrogen-bond acceptors (Lipinski definition) is 6. The lowest BCUT2D eigenvalue weighted by Crippen LogP contribution is -2.30. The van der Waals surface area contributed by atoms with E-state index in [9.17, 15) is 14.4 Å². The minimum atomic E-state index is -0.821. The summed E-state index contributed by atoms with van der Waals surface area (Å²) in [5.74, 6) is -1.01. The van der Waals surface area contributed by atoms with Gasteiger partial charge in [0.2, 0.25) is 0 Å². The van der Waals surface area contributed by atoms with Gasteiger partial charge in [0.25, 0.3) is 0 Å². The van der Waals surface area contributed by atoms with Crippen molar-refractivity contribution in [2.24, 2.45) is 0 Å². The number of unbranched alkanes of at least 4 members (excludes halogenated alkanes) is 13. The van der Waals surface area contributed by atoms with Gasteiger partial charge in [-0.15, -0.1) is 0 Å². The van der Waals surface area contributed by atoms with Crippen LogP contribution < -0.4 is 0 Å². The molecule has 0 heterocycles. The molecule has 0 aliphatic heterocycles. The first-order chi connectivity index (χ1) is 34.5. The molecule has 0 rings (SSSR count). The van der Waals surface area contributed by atoms with Gasteiger partial charge in [0.1, 0.15) is 13.2 Å². The Hall–Kier alpha value is -4.71. The van der Waals surface area contributed by atoms with E-state index in [-0.39, 0.29) is 44.0 Å². The van der Waals surface area contributed by atoms with Crippen LogP contribution in [-0.2, 0) is 28.6 Å². The zero-order valence-corrected chi connectivity index (χ0v) is 44.7. The fourth-order valence-corrected chi connectivity index (χ4v) is 6.98. The average Bonchev–Trinajstić information content (AvgIpc) is 3.36. The second-order valence-corrected chi connectivity index (χ2v) is 17.7. The van der Waals surface area contributed by atoms with Crippen LogP contribution >= 0.6 is 0 Å². The highest BCUT2D eigenvalue weighted by Crippen LogP contribution is 2.13. The van der Waals surface area contributed by atoms with E-state index in [0.717, 1.165) is 122 Å². The predicted octanol–water partition coefficient (Wildman–Crippen LogP) is 18.8. The Kier molecular flexibility index (Phi) is 53.0. The highest BCUT2D eigenvalue weighted by Gasteiger charge is 2.19. The second-order valence-electron chi connectivity index (χ2n) is 17.7. The number of carbonyl (C=O) groups is 3. The monoisotopic (exact) mass is 965 g/mol. The van der Waals surface area contributed by atoms with Gasteiger partial charge in [-0.1, -0.05) is 224 Å². The third kappa shape index (κ3) is 54.2. The molecule has 0 aromatic carbocycles. The van der Waals surface area contributed by atoms with Gasteiger partial charge in [-0.2, -0.15) is 0 Å². The summed E-state index contributed by atoms with van der Waals surface area (Å²) in [5.41, 5.74) is 0. The second kappa shape index (κ2) is 56.9. The van der Waals surface area contributed by atoms with E-state index in [0.29, 0.717) is 19.3 Å². The van der Waals surface area contributed by atoms with Gasteiger partial charge in [-0.3, -0.25) is 14.4 Å². The van der Waals surface area contributed by atoms with Crippen molar-refractivity contribution >= 4 is 17.9 Å². The SMILES string of the molecule is CC/C=C\C/C=C\C/C=C\C/C=C\C/C=C\C/C=C\C/C=C\C/C=C\CCCCC(=O)OCC(COC(=O)CCCCCCCCCCCC)OC(=O)CCCC/C=C\C/C=C\C/C=C\C/C=C\CC. The summed E-state index contributed by atoms with van der Waals surface area (Å²) in [5, 5.41) is 0. The van der Waals surface area contributed by atoms with E-state index in [1.807, 2.05) is 0 Å². The average molecular weight is 965 g/mol. The third-order valence-corrected chi connectivity index (χ3v) is 11.1. The summed E-state index contributed by atoms with van der Waals surface area (Å²) in [6, 6.07) is 0. The van der Waals surface area contributed by atoms with Gasteiger partial charge in [0.05, 0.1) is 0 Å². The van der Waals surface area contributed by atoms with E-state index in [2.05, 4.69) is 167 Å². The Morgan fingerprint density at radius 3 is 0.871 bits per heavy atom. The van der Waals surface area contributed by atoms with Crippen molar-refractivity contribution in [3.8, 4) is 0 Å². The molecule has 1 atom stereocenters. The highest BCUT2D eigenvalue weighted by molar-refractivity contribution is 5.71. The Morgan fingerprint density at radius 1 is 0.300 bits per heavy atom. The molecule has 0 saturated carbocycles. The summed E-state index contributed by atoms with van der Waals surface area (Å²) in [6.07, 6.45) is 81.3. The standard InChI is InChI=1S/C64H100O6/c1-4-7-10-13-16-19-22-24-26-27-28-29-30-31-32-33-34-35-36-37-39-40-42-45-48-51-54-57-63(66)69-60-61(59-68-62(65)56-53-50-47-44-21-18-15-12-9-6-3)70-64(67)58-55-52-49-46-43-41-38-25-23-20-17-14-11-8-5-2/h7-8,10-11,16-17,19-20,24-26,28-29,31-32,34-35,37-39,42-43,45-46,61H,4-6,9,12-15,18,21-23,27,30,33,36,40-41,44,47-60H2,1-3H3/b10-7-,11-8-,19-16-,20-17-,26-24-,29-28-,32-31-,35-34-,38-25-,39-37-,45-42-,46-43-. The smallest absolute Gasteiger partial charge is 0.306 e. The van der Waals surface area contributed by atoms with Crippen LogP contribution in [0.5, 0.6) is 0 Å². The van der Waals surface area contributed by atoms with Crippen molar-refractivity contribution in [3.63, 3.8) is 0 Å². The summed E-state index contributed by atoms with van der Waals surface area (Å²) in [7, 11) is 0. The maximum Gasteiger partial charge on any atom is 0.306 e. The zero-order chi connectivity index (χ0) is 50.7. The fraction of sp³-hybridized carbons (Fsp3) is 0.578. The van der Waals surface area contributed by atoms with Crippen molar-refractivity contribution in [2.45, 2.75) is 226 Å². The molecule has 0 aromatic rings. The first-order valence-electron chi connectivity index (χ1n) is 27.8. The van der Waals surface area contributed by atoms with Crippen LogP contribution in [0, 0.1) is 0 Å². The van der Waals surface area contributed by atoms with Gasteiger partial charge in [-0.05, 0) is 122 Å². The molecule has 6 nitrogen and oxygen atoms in total. The van der Waals surface area contributed by atoms with Crippen LogP contribution in [0.1, 0.15) is 220 Å². The lowest BCUT2D eigenvalue weighted by molar-refractivity contribution is -0.167. The van der Waals surface area contributed by atoms with Crippen LogP contribution in [0.25, 0.3) is 0 Å². The quantitative estimate of drug-likeness (QED) is 0.0262. The molecular weight excluding hydrogens is 865 g/mol. The van der Waals surface area contributed by atoms with Crippen LogP contribution in [-0.4, -0.2) is 37.2 Å². The Morgan fingerprint density at radius 2 is 0.557 bits per heavy atom. The van der Waals surface area contributed by atoms with E-state index in [1.54, 1.807) is 0 Å². The molecule has 0 amide bonds. The largest absolute Gasteiger partial charge is 0.462 e. The van der Waals surface area contributed by atoms with E-state index in [1.165, 1.54) is 44.9 Å². The number of rotatable bonds is 48. The van der Waals surface area contributed by atoms with Crippen LogP contribution in [0.15, 0.2) is 146 Å². The predicted molar refractivity (Wildman–Crippen MR) is 302 cm³/mol. The van der Waals surface area contributed by atoms with Gasteiger partial charge < -0.3 is 14.2 Å². The molecule has 0 fully saturated rings. The van der Waals surface area contributed by atoms with Crippen molar-refractivity contribution in [1.29, 1.82) is 0 Å². The Balaban J connectivity index is 4.45. The molecule has 0 bridgehead atoms. The fourth-order valence-electron chi connectivity index (χ4n) is 6.98. The molecule has 0 radical (unpaired) electrons. The molecule has 0 saturated heterocycles. The summed E-state index contributed by atoms with van der Waals surface area (Å²) in [4.78, 5) is 38.0. The molecule has 0 aromatic heterocycles. The van der Waals surface area contributed by atoms with E-state index in [4.69, 9.17) is 14.2 Å². The number of hydrogen-bond donors (Lipinski definition) is 0. The Labute approximate surface area is 429 Å². The molecule has 6 heteroatoms. The summed E-state index contributed by atoms with van der Waals surface area (Å²) in [6.45, 7) is 6.30. The number of esters is 3. The van der Waals surface area contributed by atoms with Crippen molar-refractivity contribution in [1.82, 2.24) is 0 Å². The first kappa shape index (κ1) is 65.3. The van der Waals surface area contributed by atoms with Gasteiger partial charge >= 0.3 is 17.9 Å². The maximum atomic E-state index is 12.8. The number of allylic oxidation sites excluding steroid dienone is 24. The highest BCUT2D eigenvalue weighted by atomic mass is 16.6. The lowest BCUT2D eigenvalue weighted by Gasteiger charge is -2.18. The van der Waals surface area contributed by atoms with Crippen molar-refractivity contribution in [2.75, 3.05) is 13.2 Å². The molecular formula is C64H100O6. The van der Waals surface area contributed by atoms with Gasteiger partial charge in [0.15, 0.2) is 6.10 Å². The molecule has 70 heavy (non-hydrogen) atoms. The zero-order valence-electron chi connectivity index (χ0n) is 44.7. The van der Waals surface area contributed by atoms with Gasteiger partial charge in [0, 0.05) is 19.3 Å². The minimum Gasteiger partial charge on any atom is -0.462 e. The molecule has 1 unspecified atom stereocenters. The minimum absolute atomic E-state index is 0.113. The lowest BCUT2D eigenvalue weighted by atomic mass is 10.1. The molecule has 392 valence electrons. The normalized spacial score (nSPS) is 13.2. The van der Waals surface area contributed by atoms with E-state index < -0.39 is 6.10 Å². The molecule has 0 N–H and O–H groups in total.